The number of nitrogens with zero attached hydrogens (tertiary/aromatic N) is 3. The molecule has 1 amide bonds. The number of anilines is 1. The highest BCUT2D eigenvalue weighted by molar-refractivity contribution is 5.95. The van der Waals surface area contributed by atoms with Gasteiger partial charge in [-0.1, -0.05) is 12.1 Å². The first-order chi connectivity index (χ1) is 12.1. The van der Waals surface area contributed by atoms with Gasteiger partial charge in [0, 0.05) is 56.0 Å². The first kappa shape index (κ1) is 16.6. The molecule has 25 heavy (non-hydrogen) atoms. The number of amides is 1. The Hall–Kier alpha value is -3.21. The van der Waals surface area contributed by atoms with Gasteiger partial charge in [0.2, 0.25) is 0 Å². The largest absolute Gasteiger partial charge is 0.378 e. The van der Waals surface area contributed by atoms with Crippen LogP contribution < -0.4 is 10.2 Å². The first-order valence-corrected chi connectivity index (χ1v) is 8.05. The van der Waals surface area contributed by atoms with E-state index >= 15 is 0 Å². The van der Waals surface area contributed by atoms with E-state index in [4.69, 9.17) is 0 Å². The second kappa shape index (κ2) is 7.57. The highest BCUT2D eigenvalue weighted by Crippen LogP contribution is 2.20. The summed E-state index contributed by atoms with van der Waals surface area (Å²) in [5.41, 5.74) is 4.43. The van der Waals surface area contributed by atoms with Gasteiger partial charge in [0.1, 0.15) is 0 Å². The van der Waals surface area contributed by atoms with E-state index in [1.165, 1.54) is 0 Å². The van der Waals surface area contributed by atoms with Gasteiger partial charge in [-0.05, 0) is 42.0 Å². The monoisotopic (exact) mass is 332 g/mol. The zero-order valence-corrected chi connectivity index (χ0v) is 14.3. The Morgan fingerprint density at radius 1 is 1.04 bits per heavy atom. The molecule has 126 valence electrons. The molecule has 0 spiro atoms. The summed E-state index contributed by atoms with van der Waals surface area (Å²) in [5.74, 6) is -0.103. The van der Waals surface area contributed by atoms with E-state index in [9.17, 15) is 4.79 Å². The summed E-state index contributed by atoms with van der Waals surface area (Å²) in [6.45, 7) is 0.413. The molecule has 5 nitrogen and oxygen atoms in total. The average Bonchev–Trinajstić information content (AvgIpc) is 2.67. The number of pyridine rings is 2. The molecule has 0 unspecified atom stereocenters. The van der Waals surface area contributed by atoms with Crippen LogP contribution in [0.2, 0.25) is 0 Å². The van der Waals surface area contributed by atoms with Gasteiger partial charge in [0.05, 0.1) is 5.69 Å². The van der Waals surface area contributed by atoms with Crippen LogP contribution in [0.5, 0.6) is 0 Å². The van der Waals surface area contributed by atoms with Gasteiger partial charge >= 0.3 is 0 Å². The predicted molar refractivity (Wildman–Crippen MR) is 99.4 cm³/mol. The zero-order chi connectivity index (χ0) is 17.6. The number of nitrogens with one attached hydrogen (secondary N) is 1. The molecular formula is C20H20N4O. The van der Waals surface area contributed by atoms with Crippen molar-refractivity contribution in [1.82, 2.24) is 15.3 Å². The fourth-order valence-electron chi connectivity index (χ4n) is 2.55. The topological polar surface area (TPSA) is 58.1 Å². The summed E-state index contributed by atoms with van der Waals surface area (Å²) in [7, 11) is 3.90. The molecule has 0 aliphatic heterocycles. The Morgan fingerprint density at radius 3 is 2.60 bits per heavy atom. The molecular weight excluding hydrogens is 312 g/mol. The molecule has 0 aliphatic carbocycles. The first-order valence-electron chi connectivity index (χ1n) is 8.05. The van der Waals surface area contributed by atoms with Crippen LogP contribution in [0.15, 0.2) is 67.1 Å². The van der Waals surface area contributed by atoms with Gasteiger partial charge in [-0.2, -0.15) is 0 Å². The number of carbonyl (C=O) groups excluding carboxylic acids is 1. The van der Waals surface area contributed by atoms with Crippen molar-refractivity contribution < 1.29 is 4.79 Å². The minimum atomic E-state index is -0.103. The summed E-state index contributed by atoms with van der Waals surface area (Å²) in [6.07, 6.45) is 5.22. The lowest BCUT2D eigenvalue weighted by Gasteiger charge is -2.14. The molecule has 0 saturated heterocycles. The molecule has 0 aliphatic rings. The molecule has 0 fully saturated rings. The second-order valence-corrected chi connectivity index (χ2v) is 5.87. The third-order valence-electron chi connectivity index (χ3n) is 3.91. The summed E-state index contributed by atoms with van der Waals surface area (Å²) in [5, 5.41) is 2.98. The van der Waals surface area contributed by atoms with Crippen molar-refractivity contribution in [2.24, 2.45) is 0 Å². The molecule has 0 atom stereocenters. The quantitative estimate of drug-likeness (QED) is 0.780. The number of aromatic nitrogens is 2. The van der Waals surface area contributed by atoms with Gasteiger partial charge < -0.3 is 10.2 Å². The molecule has 0 bridgehead atoms. The van der Waals surface area contributed by atoms with Crippen LogP contribution in [-0.2, 0) is 6.54 Å². The van der Waals surface area contributed by atoms with Gasteiger partial charge in [0.15, 0.2) is 0 Å². The van der Waals surface area contributed by atoms with Crippen LogP contribution >= 0.6 is 0 Å². The van der Waals surface area contributed by atoms with E-state index in [1.807, 2.05) is 67.5 Å². The second-order valence-electron chi connectivity index (χ2n) is 5.87. The van der Waals surface area contributed by atoms with Gasteiger partial charge in [0.25, 0.3) is 5.91 Å². The molecule has 0 saturated carbocycles. The van der Waals surface area contributed by atoms with Crippen molar-refractivity contribution in [3.05, 3.63) is 78.2 Å². The third-order valence-corrected chi connectivity index (χ3v) is 3.91. The number of hydrogen-bond donors (Lipinski definition) is 1. The van der Waals surface area contributed by atoms with Crippen molar-refractivity contribution in [1.29, 1.82) is 0 Å². The van der Waals surface area contributed by atoms with E-state index in [1.54, 1.807) is 18.6 Å². The van der Waals surface area contributed by atoms with Crippen LogP contribution in [-0.4, -0.2) is 30.0 Å². The smallest absolute Gasteiger partial charge is 0.251 e. The van der Waals surface area contributed by atoms with E-state index in [-0.39, 0.29) is 5.91 Å². The maximum atomic E-state index is 12.5. The minimum Gasteiger partial charge on any atom is -0.378 e. The van der Waals surface area contributed by atoms with Crippen molar-refractivity contribution in [2.75, 3.05) is 19.0 Å². The standard InChI is InChI=1S/C20H20N4O/c1-24(2)18-7-3-5-16(13-18)20(25)23-14-17-6-4-10-22-19(17)15-8-11-21-12-9-15/h3-13H,14H2,1-2H3,(H,23,25). The van der Waals surface area contributed by atoms with Crippen molar-refractivity contribution in [2.45, 2.75) is 6.54 Å². The lowest BCUT2D eigenvalue weighted by molar-refractivity contribution is 0.0951. The Kier molecular flexibility index (Phi) is 5.04. The molecule has 3 aromatic rings. The van der Waals surface area contributed by atoms with E-state index in [0.717, 1.165) is 22.5 Å². The molecule has 1 aromatic carbocycles. The number of carbonyl (C=O) groups is 1. The van der Waals surface area contributed by atoms with Crippen LogP contribution in [0.3, 0.4) is 0 Å². The Labute approximate surface area is 147 Å². The minimum absolute atomic E-state index is 0.103. The summed E-state index contributed by atoms with van der Waals surface area (Å²) < 4.78 is 0. The molecule has 1 N–H and O–H groups in total. The van der Waals surface area contributed by atoms with E-state index < -0.39 is 0 Å². The summed E-state index contributed by atoms with van der Waals surface area (Å²) in [6, 6.07) is 15.2. The number of benzene rings is 1. The average molecular weight is 332 g/mol. The Bertz CT molecular complexity index is 862. The molecule has 2 aromatic heterocycles. The van der Waals surface area contributed by atoms with E-state index in [2.05, 4.69) is 15.3 Å². The molecule has 2 heterocycles. The fraction of sp³-hybridized carbons (Fsp3) is 0.150. The van der Waals surface area contributed by atoms with Crippen LogP contribution in [0.25, 0.3) is 11.3 Å². The van der Waals surface area contributed by atoms with Crippen molar-refractivity contribution >= 4 is 11.6 Å². The zero-order valence-electron chi connectivity index (χ0n) is 14.3. The lowest BCUT2D eigenvalue weighted by Crippen LogP contribution is -2.23. The van der Waals surface area contributed by atoms with Crippen LogP contribution in [0.1, 0.15) is 15.9 Å². The fourth-order valence-corrected chi connectivity index (χ4v) is 2.55. The summed E-state index contributed by atoms with van der Waals surface area (Å²) in [4.78, 5) is 22.9. The van der Waals surface area contributed by atoms with Crippen LogP contribution in [0.4, 0.5) is 5.69 Å². The maximum Gasteiger partial charge on any atom is 0.251 e. The number of rotatable bonds is 5. The molecule has 5 heteroatoms. The summed E-state index contributed by atoms with van der Waals surface area (Å²) >= 11 is 0. The third kappa shape index (κ3) is 4.01. The van der Waals surface area contributed by atoms with Gasteiger partial charge in [-0.15, -0.1) is 0 Å². The van der Waals surface area contributed by atoms with Crippen molar-refractivity contribution in [3.8, 4) is 11.3 Å². The Balaban J connectivity index is 1.76. The van der Waals surface area contributed by atoms with E-state index in [0.29, 0.717) is 12.1 Å². The Morgan fingerprint density at radius 2 is 1.84 bits per heavy atom. The van der Waals surface area contributed by atoms with Crippen molar-refractivity contribution in [3.63, 3.8) is 0 Å². The lowest BCUT2D eigenvalue weighted by atomic mass is 10.1. The highest BCUT2D eigenvalue weighted by Gasteiger charge is 2.10. The maximum absolute atomic E-state index is 12.5. The van der Waals surface area contributed by atoms with Gasteiger partial charge in [-0.25, -0.2) is 0 Å². The molecule has 0 radical (unpaired) electrons. The normalized spacial score (nSPS) is 10.3. The number of hydrogen-bond acceptors (Lipinski definition) is 4. The SMILES string of the molecule is CN(C)c1cccc(C(=O)NCc2cccnc2-c2ccncc2)c1. The highest BCUT2D eigenvalue weighted by atomic mass is 16.1. The predicted octanol–water partition coefficient (Wildman–Crippen LogP) is 3.14. The van der Waals surface area contributed by atoms with Crippen LogP contribution in [0, 0.1) is 0 Å². The molecule has 3 rings (SSSR count). The van der Waals surface area contributed by atoms with Gasteiger partial charge in [-0.3, -0.25) is 14.8 Å².